The van der Waals surface area contributed by atoms with Gasteiger partial charge in [0.15, 0.2) is 0 Å². The normalized spacial score (nSPS) is 14.6. The minimum atomic E-state index is -0.408. The van der Waals surface area contributed by atoms with Gasteiger partial charge in [0, 0.05) is 24.2 Å². The van der Waals surface area contributed by atoms with Crippen molar-refractivity contribution < 1.29 is 14.3 Å². The Balaban J connectivity index is 1.95. The van der Waals surface area contributed by atoms with Crippen LogP contribution in [-0.4, -0.2) is 34.6 Å². The molecule has 2 aromatic heterocycles. The van der Waals surface area contributed by atoms with Gasteiger partial charge < -0.3 is 14.6 Å². The van der Waals surface area contributed by atoms with E-state index in [1.807, 2.05) is 18.4 Å². The van der Waals surface area contributed by atoms with Crippen molar-refractivity contribution in [3.63, 3.8) is 0 Å². The van der Waals surface area contributed by atoms with E-state index in [9.17, 15) is 9.59 Å². The Morgan fingerprint density at radius 2 is 2.14 bits per heavy atom. The SMILES string of the molecule is C=CCNC(=O)c1cc(-c2csc(C(=O)OCC)n2)n(CC2CCCCC2)c1C. The van der Waals surface area contributed by atoms with Crippen LogP contribution in [0.3, 0.4) is 0 Å². The minimum Gasteiger partial charge on any atom is -0.461 e. The Morgan fingerprint density at radius 3 is 2.83 bits per heavy atom. The summed E-state index contributed by atoms with van der Waals surface area (Å²) in [4.78, 5) is 29.2. The van der Waals surface area contributed by atoms with E-state index < -0.39 is 5.97 Å². The third kappa shape index (κ3) is 4.96. The van der Waals surface area contributed by atoms with Crippen LogP contribution in [0.4, 0.5) is 0 Å². The monoisotopic (exact) mass is 415 g/mol. The standard InChI is InChI=1S/C22H29N3O3S/c1-4-11-23-20(26)17-12-19(18-14-29-21(24-18)22(27)28-5-2)25(15(17)3)13-16-9-7-6-8-10-16/h4,12,14,16H,1,5-11,13H2,2-3H3,(H,23,26). The highest BCUT2D eigenvalue weighted by atomic mass is 32.1. The van der Waals surface area contributed by atoms with Gasteiger partial charge in [-0.2, -0.15) is 0 Å². The fourth-order valence-corrected chi connectivity index (χ4v) is 4.59. The van der Waals surface area contributed by atoms with E-state index in [4.69, 9.17) is 4.74 Å². The molecule has 3 rings (SSSR count). The highest BCUT2D eigenvalue weighted by molar-refractivity contribution is 7.11. The topological polar surface area (TPSA) is 73.2 Å². The highest BCUT2D eigenvalue weighted by Gasteiger charge is 2.24. The van der Waals surface area contributed by atoms with Crippen LogP contribution in [0.25, 0.3) is 11.4 Å². The lowest BCUT2D eigenvalue weighted by Gasteiger charge is -2.24. The van der Waals surface area contributed by atoms with Crippen molar-refractivity contribution in [2.75, 3.05) is 13.2 Å². The second-order valence-corrected chi connectivity index (χ2v) is 8.26. The number of carbonyl (C=O) groups is 2. The molecule has 2 aromatic rings. The number of amides is 1. The Kier molecular flexibility index (Phi) is 7.25. The lowest BCUT2D eigenvalue weighted by molar-refractivity contribution is 0.0526. The first-order valence-corrected chi connectivity index (χ1v) is 11.1. The molecule has 156 valence electrons. The van der Waals surface area contributed by atoms with Crippen molar-refractivity contribution >= 4 is 23.2 Å². The number of rotatable bonds is 8. The maximum absolute atomic E-state index is 12.6. The first-order chi connectivity index (χ1) is 14.0. The van der Waals surface area contributed by atoms with Gasteiger partial charge in [0.1, 0.15) is 0 Å². The van der Waals surface area contributed by atoms with Gasteiger partial charge >= 0.3 is 5.97 Å². The van der Waals surface area contributed by atoms with E-state index in [-0.39, 0.29) is 5.91 Å². The lowest BCUT2D eigenvalue weighted by atomic mass is 9.89. The quantitative estimate of drug-likeness (QED) is 0.505. The van der Waals surface area contributed by atoms with Crippen molar-refractivity contribution in [3.05, 3.63) is 40.4 Å². The predicted molar refractivity (Wildman–Crippen MR) is 115 cm³/mol. The Morgan fingerprint density at radius 1 is 1.38 bits per heavy atom. The van der Waals surface area contributed by atoms with E-state index in [2.05, 4.69) is 21.4 Å². The molecule has 0 atom stereocenters. The summed E-state index contributed by atoms with van der Waals surface area (Å²) < 4.78 is 7.27. The second kappa shape index (κ2) is 9.87. The second-order valence-electron chi connectivity index (χ2n) is 7.40. The molecule has 0 spiro atoms. The Hall–Kier alpha value is -2.41. The molecule has 1 aliphatic rings. The lowest BCUT2D eigenvalue weighted by Crippen LogP contribution is -2.24. The molecule has 0 bridgehead atoms. The molecule has 1 saturated carbocycles. The number of nitrogens with one attached hydrogen (secondary N) is 1. The molecule has 1 amide bonds. The summed E-state index contributed by atoms with van der Waals surface area (Å²) >= 11 is 1.27. The largest absolute Gasteiger partial charge is 0.461 e. The van der Waals surface area contributed by atoms with Crippen LogP contribution in [0, 0.1) is 12.8 Å². The van der Waals surface area contributed by atoms with Crippen LogP contribution in [0.15, 0.2) is 24.1 Å². The predicted octanol–water partition coefficient (Wildman–Crippen LogP) is 4.59. The molecule has 1 N–H and O–H groups in total. The number of carbonyl (C=O) groups excluding carboxylic acids is 2. The molecule has 0 aliphatic heterocycles. The average Bonchev–Trinajstić information content (AvgIpc) is 3.33. The van der Waals surface area contributed by atoms with Crippen molar-refractivity contribution in [1.82, 2.24) is 14.9 Å². The number of hydrogen-bond donors (Lipinski definition) is 1. The third-order valence-corrected chi connectivity index (χ3v) is 6.22. The van der Waals surface area contributed by atoms with E-state index >= 15 is 0 Å². The highest BCUT2D eigenvalue weighted by Crippen LogP contribution is 2.32. The average molecular weight is 416 g/mol. The Labute approximate surface area is 176 Å². The maximum atomic E-state index is 12.6. The van der Waals surface area contributed by atoms with Crippen LogP contribution in [0.1, 0.15) is 64.9 Å². The van der Waals surface area contributed by atoms with E-state index in [0.29, 0.717) is 35.3 Å². The zero-order chi connectivity index (χ0) is 20.8. The molecule has 29 heavy (non-hydrogen) atoms. The summed E-state index contributed by atoms with van der Waals surface area (Å²) in [6.07, 6.45) is 7.91. The number of hydrogen-bond acceptors (Lipinski definition) is 5. The third-order valence-electron chi connectivity index (χ3n) is 5.40. The molecule has 2 heterocycles. The van der Waals surface area contributed by atoms with E-state index in [0.717, 1.165) is 17.9 Å². The van der Waals surface area contributed by atoms with E-state index in [1.165, 1.54) is 43.4 Å². The first kappa shape index (κ1) is 21.3. The summed E-state index contributed by atoms with van der Waals surface area (Å²) in [5, 5.41) is 5.06. The first-order valence-electron chi connectivity index (χ1n) is 10.3. The molecule has 1 fully saturated rings. The maximum Gasteiger partial charge on any atom is 0.367 e. The molecule has 7 heteroatoms. The molecule has 0 unspecified atom stereocenters. The molecule has 0 saturated heterocycles. The van der Waals surface area contributed by atoms with Gasteiger partial charge in [-0.05, 0) is 38.7 Å². The fourth-order valence-electron chi connectivity index (χ4n) is 3.89. The molecular weight excluding hydrogens is 386 g/mol. The Bertz CT molecular complexity index is 878. The van der Waals surface area contributed by atoms with Gasteiger partial charge in [0.05, 0.1) is 23.6 Å². The zero-order valence-electron chi connectivity index (χ0n) is 17.2. The number of aromatic nitrogens is 2. The number of thiazole rings is 1. The van der Waals surface area contributed by atoms with Crippen LogP contribution >= 0.6 is 11.3 Å². The summed E-state index contributed by atoms with van der Waals surface area (Å²) in [6, 6.07) is 1.89. The molecule has 0 aromatic carbocycles. The van der Waals surface area contributed by atoms with Gasteiger partial charge in [0.2, 0.25) is 5.01 Å². The van der Waals surface area contributed by atoms with Crippen LogP contribution in [0.5, 0.6) is 0 Å². The zero-order valence-corrected chi connectivity index (χ0v) is 18.0. The van der Waals surface area contributed by atoms with Crippen molar-refractivity contribution in [1.29, 1.82) is 0 Å². The number of ether oxygens (including phenoxy) is 1. The smallest absolute Gasteiger partial charge is 0.367 e. The molecular formula is C22H29N3O3S. The fraction of sp³-hybridized carbons (Fsp3) is 0.500. The van der Waals surface area contributed by atoms with Crippen molar-refractivity contribution in [2.45, 2.75) is 52.5 Å². The van der Waals surface area contributed by atoms with Gasteiger partial charge in [-0.15, -0.1) is 17.9 Å². The van der Waals surface area contributed by atoms with Crippen LogP contribution < -0.4 is 5.32 Å². The van der Waals surface area contributed by atoms with E-state index in [1.54, 1.807) is 13.0 Å². The summed E-state index contributed by atoms with van der Waals surface area (Å²) in [6.45, 7) is 9.02. The number of esters is 1. The minimum absolute atomic E-state index is 0.119. The summed E-state index contributed by atoms with van der Waals surface area (Å²) in [5.74, 6) is 0.0718. The number of nitrogens with zero attached hydrogens (tertiary/aromatic N) is 2. The van der Waals surface area contributed by atoms with Crippen molar-refractivity contribution in [3.8, 4) is 11.4 Å². The molecule has 6 nitrogen and oxygen atoms in total. The van der Waals surface area contributed by atoms with Crippen LogP contribution in [-0.2, 0) is 11.3 Å². The summed E-state index contributed by atoms with van der Waals surface area (Å²) in [5.41, 5.74) is 3.16. The van der Waals surface area contributed by atoms with Gasteiger partial charge in [-0.3, -0.25) is 4.79 Å². The summed E-state index contributed by atoms with van der Waals surface area (Å²) in [7, 11) is 0. The van der Waals surface area contributed by atoms with Crippen molar-refractivity contribution in [2.24, 2.45) is 5.92 Å². The molecule has 0 radical (unpaired) electrons. The van der Waals surface area contributed by atoms with Crippen LogP contribution in [0.2, 0.25) is 0 Å². The van der Waals surface area contributed by atoms with Gasteiger partial charge in [-0.1, -0.05) is 25.3 Å². The van der Waals surface area contributed by atoms with Gasteiger partial charge in [-0.25, -0.2) is 9.78 Å². The van der Waals surface area contributed by atoms with Gasteiger partial charge in [0.25, 0.3) is 5.91 Å². The molecule has 1 aliphatic carbocycles.